The fraction of sp³-hybridized carbons (Fsp3) is 0.444. The summed E-state index contributed by atoms with van der Waals surface area (Å²) in [7, 11) is 0. The van der Waals surface area contributed by atoms with E-state index in [1.165, 1.54) is 36.4 Å². The van der Waals surface area contributed by atoms with E-state index in [1.54, 1.807) is 0 Å². The lowest BCUT2D eigenvalue weighted by Crippen LogP contribution is -2.60. The number of ether oxygens (including phenoxy) is 3. The molecule has 14 nitrogen and oxygen atoms in total. The van der Waals surface area contributed by atoms with Crippen LogP contribution in [0.5, 0.6) is 11.5 Å². The predicted octanol–water partition coefficient (Wildman–Crippen LogP) is -1.79. The van der Waals surface area contributed by atoms with E-state index in [0.29, 0.717) is 5.56 Å². The summed E-state index contributed by atoms with van der Waals surface area (Å²) in [6.45, 7) is -1.27. The third-order valence-corrected chi connectivity index (χ3v) is 7.41. The van der Waals surface area contributed by atoms with Gasteiger partial charge in [-0.25, -0.2) is 0 Å². The molecule has 2 aliphatic heterocycles. The number of phenolic OH excluding ortho intramolecular Hbond substituents is 2. The van der Waals surface area contributed by atoms with Gasteiger partial charge in [0.05, 0.1) is 29.7 Å². The van der Waals surface area contributed by atoms with E-state index >= 15 is 0 Å². The molecule has 0 radical (unpaired) electrons. The lowest BCUT2D eigenvalue weighted by atomic mass is 9.89. The molecular weight excluding hydrogens is 548 g/mol. The van der Waals surface area contributed by atoms with Crippen molar-refractivity contribution in [3.63, 3.8) is 0 Å². The van der Waals surface area contributed by atoms with Gasteiger partial charge in [0.2, 0.25) is 5.43 Å². The van der Waals surface area contributed by atoms with Crippen molar-refractivity contribution < 1.29 is 64.6 Å². The highest BCUT2D eigenvalue weighted by Crippen LogP contribution is 2.41. The first-order chi connectivity index (χ1) is 19.5. The number of aliphatic hydroxyl groups excluding tert-OH is 7. The molecule has 10 atom stereocenters. The Bertz CT molecular complexity index is 1420. The monoisotopic (exact) mass is 578 g/mol. The van der Waals surface area contributed by atoms with E-state index < -0.39 is 85.6 Å². The number of hydrogen-bond donors (Lipinski definition) is 9. The number of aromatic hydroxyl groups is 2. The molecule has 0 bridgehead atoms. The van der Waals surface area contributed by atoms with Gasteiger partial charge in [0.1, 0.15) is 78.3 Å². The highest BCUT2D eigenvalue weighted by atomic mass is 16.7. The first-order valence-electron chi connectivity index (χ1n) is 12.7. The number of phenols is 2. The Morgan fingerprint density at radius 2 is 1.41 bits per heavy atom. The van der Waals surface area contributed by atoms with Crippen LogP contribution in [0.2, 0.25) is 0 Å². The van der Waals surface area contributed by atoms with Crippen LogP contribution in [0.15, 0.2) is 51.9 Å². The topological polar surface area (TPSA) is 240 Å². The molecule has 0 saturated carbocycles. The molecule has 0 unspecified atom stereocenters. The molecule has 3 heterocycles. The number of fused-ring (bicyclic) bond motifs is 1. The van der Waals surface area contributed by atoms with E-state index in [0.717, 1.165) is 6.26 Å². The summed E-state index contributed by atoms with van der Waals surface area (Å²) in [5, 5.41) is 91.8. The van der Waals surface area contributed by atoms with Gasteiger partial charge < -0.3 is 64.6 Å². The zero-order valence-electron chi connectivity index (χ0n) is 21.3. The van der Waals surface area contributed by atoms with Gasteiger partial charge in [0.25, 0.3) is 0 Å². The smallest absolute Gasteiger partial charge is 0.200 e. The van der Waals surface area contributed by atoms with Crippen molar-refractivity contribution in [2.75, 3.05) is 13.2 Å². The fourth-order valence-corrected chi connectivity index (χ4v) is 5.05. The summed E-state index contributed by atoms with van der Waals surface area (Å²) in [6.07, 6.45) is -15.0. The maximum atomic E-state index is 13.3. The molecule has 0 spiro atoms. The summed E-state index contributed by atoms with van der Waals surface area (Å²) < 4.78 is 22.3. The molecule has 5 rings (SSSR count). The van der Waals surface area contributed by atoms with Gasteiger partial charge in [-0.2, -0.15) is 0 Å². The van der Waals surface area contributed by atoms with Gasteiger partial charge in [0.15, 0.2) is 6.29 Å². The van der Waals surface area contributed by atoms with Crippen LogP contribution in [-0.2, 0) is 14.2 Å². The highest BCUT2D eigenvalue weighted by Gasteiger charge is 2.48. The van der Waals surface area contributed by atoms with Gasteiger partial charge in [0, 0.05) is 0 Å². The molecule has 2 aliphatic rings. The average Bonchev–Trinajstić information content (AvgIpc) is 2.96. The van der Waals surface area contributed by atoms with E-state index in [2.05, 4.69) is 0 Å². The Morgan fingerprint density at radius 3 is 2.10 bits per heavy atom. The van der Waals surface area contributed by atoms with Gasteiger partial charge in [-0.05, 0) is 29.8 Å². The van der Waals surface area contributed by atoms with Crippen LogP contribution in [0.1, 0.15) is 11.7 Å². The van der Waals surface area contributed by atoms with Crippen LogP contribution in [0.3, 0.4) is 0 Å². The van der Waals surface area contributed by atoms with Crippen molar-refractivity contribution in [1.82, 2.24) is 0 Å². The Balaban J connectivity index is 1.44. The van der Waals surface area contributed by atoms with Gasteiger partial charge in [-0.1, -0.05) is 12.1 Å². The van der Waals surface area contributed by atoms with Crippen molar-refractivity contribution in [2.45, 2.75) is 61.2 Å². The van der Waals surface area contributed by atoms with Gasteiger partial charge in [-0.3, -0.25) is 4.79 Å². The summed E-state index contributed by atoms with van der Waals surface area (Å²) in [5.41, 5.74) is -0.232. The zero-order valence-corrected chi connectivity index (χ0v) is 21.3. The molecule has 9 N–H and O–H groups in total. The number of aliphatic hydroxyl groups is 7. The largest absolute Gasteiger partial charge is 0.508 e. The lowest BCUT2D eigenvalue weighted by molar-refractivity contribution is -0.314. The van der Waals surface area contributed by atoms with E-state index in [-0.39, 0.29) is 27.8 Å². The summed E-state index contributed by atoms with van der Waals surface area (Å²) >= 11 is 0. The standard InChI is InChI=1S/C27H30O14/c28-7-15-19(32)22(35)24(37)27(41-15)39-9-16-20(33)21(34)23(36)26(40-16)17-14(30)6-5-12-18(31)13(8-38-25(12)17)10-1-3-11(29)4-2-10/h1-6,8,15-16,19-24,26-30,32-37H,7,9H2/t15-,16-,19-,20-,21+,22+,23-,24-,26+,27+/m1/s1. The van der Waals surface area contributed by atoms with Crippen molar-refractivity contribution in [2.24, 2.45) is 0 Å². The first-order valence-corrected chi connectivity index (χ1v) is 12.7. The van der Waals surface area contributed by atoms with Crippen LogP contribution in [0.4, 0.5) is 0 Å². The zero-order chi connectivity index (χ0) is 29.6. The number of benzene rings is 2. The van der Waals surface area contributed by atoms with Gasteiger partial charge in [-0.15, -0.1) is 0 Å². The lowest BCUT2D eigenvalue weighted by Gasteiger charge is -2.43. The van der Waals surface area contributed by atoms with Crippen LogP contribution >= 0.6 is 0 Å². The average molecular weight is 579 g/mol. The molecule has 2 saturated heterocycles. The summed E-state index contributed by atoms with van der Waals surface area (Å²) in [4.78, 5) is 13.3. The maximum absolute atomic E-state index is 13.3. The number of hydrogen-bond acceptors (Lipinski definition) is 14. The molecule has 2 fully saturated rings. The minimum atomic E-state index is -1.82. The minimum absolute atomic E-state index is 0.000363. The van der Waals surface area contributed by atoms with E-state index in [4.69, 9.17) is 18.6 Å². The first kappa shape index (κ1) is 29.3. The SMILES string of the molecule is O=c1c(-c2ccc(O)cc2)coc2c([C@@H]3O[C@H](CO[C@H]4O[C@H](CO)[C@@H](O)[C@H](O)[C@H]4O)[C@@H](O)[C@H](O)[C@H]3O)c(O)ccc12. The second-order valence-corrected chi connectivity index (χ2v) is 10.00. The predicted molar refractivity (Wildman–Crippen MR) is 137 cm³/mol. The van der Waals surface area contributed by atoms with Crippen molar-refractivity contribution in [1.29, 1.82) is 0 Å². The second kappa shape index (κ2) is 11.6. The van der Waals surface area contributed by atoms with E-state index in [1.807, 2.05) is 0 Å². The third kappa shape index (κ3) is 5.30. The molecule has 222 valence electrons. The van der Waals surface area contributed by atoms with Crippen molar-refractivity contribution in [3.8, 4) is 22.6 Å². The quantitative estimate of drug-likeness (QED) is 0.157. The Labute approximate surface area is 231 Å². The van der Waals surface area contributed by atoms with Gasteiger partial charge >= 0.3 is 0 Å². The maximum Gasteiger partial charge on any atom is 0.200 e. The Hall–Kier alpha value is -3.15. The molecule has 2 aromatic carbocycles. The summed E-state index contributed by atoms with van der Waals surface area (Å²) in [5.74, 6) is -0.445. The van der Waals surface area contributed by atoms with E-state index in [9.17, 15) is 50.8 Å². The molecule has 41 heavy (non-hydrogen) atoms. The molecule has 0 amide bonds. The fourth-order valence-electron chi connectivity index (χ4n) is 5.05. The van der Waals surface area contributed by atoms with Crippen LogP contribution < -0.4 is 5.43 Å². The van der Waals surface area contributed by atoms with Crippen LogP contribution in [-0.4, -0.2) is 114 Å². The highest BCUT2D eigenvalue weighted by molar-refractivity contribution is 5.86. The minimum Gasteiger partial charge on any atom is -0.508 e. The molecular formula is C27H30O14. The normalized spacial score (nSPS) is 34.1. The number of rotatable bonds is 6. The molecule has 1 aromatic heterocycles. The van der Waals surface area contributed by atoms with Crippen molar-refractivity contribution >= 4 is 11.0 Å². The van der Waals surface area contributed by atoms with Crippen molar-refractivity contribution in [3.05, 3.63) is 58.4 Å². The second-order valence-electron chi connectivity index (χ2n) is 10.00. The Kier molecular flexibility index (Phi) is 8.31. The van der Waals surface area contributed by atoms with Crippen LogP contribution in [0, 0.1) is 0 Å². The molecule has 0 aliphatic carbocycles. The molecule has 14 heteroatoms. The van der Waals surface area contributed by atoms with Crippen LogP contribution in [0.25, 0.3) is 22.1 Å². The Morgan fingerprint density at radius 1 is 0.756 bits per heavy atom. The molecule has 3 aromatic rings. The summed E-state index contributed by atoms with van der Waals surface area (Å²) in [6, 6.07) is 8.31. The third-order valence-electron chi connectivity index (χ3n) is 7.41.